The minimum atomic E-state index is -0.156. The molecule has 1 saturated carbocycles. The van der Waals surface area contributed by atoms with Crippen molar-refractivity contribution in [3.63, 3.8) is 0 Å². The standard InChI is InChI=1S/C21H21N5O2/c1-3-10-22-20(27)17-13-24-26(19(17)14-7-8-14)21-23-11-9-18(25-21)15-5-4-6-16(12-15)28-2/h3-6,9,11-14H,1,7-8,10H2,2H3,(H,22,27). The summed E-state index contributed by atoms with van der Waals surface area (Å²) in [6.45, 7) is 4.05. The predicted molar refractivity (Wildman–Crippen MR) is 106 cm³/mol. The van der Waals surface area contributed by atoms with Gasteiger partial charge in [-0.15, -0.1) is 6.58 Å². The van der Waals surface area contributed by atoms with Crippen LogP contribution in [0.3, 0.4) is 0 Å². The number of benzene rings is 1. The molecule has 0 radical (unpaired) electrons. The van der Waals surface area contributed by atoms with Gasteiger partial charge in [0.25, 0.3) is 11.9 Å². The van der Waals surface area contributed by atoms with Gasteiger partial charge in [0.1, 0.15) is 5.75 Å². The lowest BCUT2D eigenvalue weighted by Crippen LogP contribution is -2.24. The topological polar surface area (TPSA) is 81.9 Å². The number of hydrogen-bond acceptors (Lipinski definition) is 5. The molecule has 0 aliphatic heterocycles. The van der Waals surface area contributed by atoms with Crippen molar-refractivity contribution in [2.24, 2.45) is 0 Å². The quantitative estimate of drug-likeness (QED) is 0.642. The third kappa shape index (κ3) is 3.51. The van der Waals surface area contributed by atoms with Crippen molar-refractivity contribution in [1.29, 1.82) is 0 Å². The Bertz CT molecular complexity index is 1020. The van der Waals surface area contributed by atoms with Crippen LogP contribution in [0.15, 0.2) is 55.4 Å². The molecule has 1 aliphatic carbocycles. The van der Waals surface area contributed by atoms with E-state index in [9.17, 15) is 4.79 Å². The van der Waals surface area contributed by atoms with Crippen molar-refractivity contribution < 1.29 is 9.53 Å². The van der Waals surface area contributed by atoms with Gasteiger partial charge in [-0.1, -0.05) is 18.2 Å². The van der Waals surface area contributed by atoms with Gasteiger partial charge in [0.2, 0.25) is 0 Å². The molecule has 2 aromatic heterocycles. The molecule has 0 spiro atoms. The van der Waals surface area contributed by atoms with Gasteiger partial charge in [0.15, 0.2) is 0 Å². The number of carbonyl (C=O) groups is 1. The van der Waals surface area contributed by atoms with Gasteiger partial charge >= 0.3 is 0 Å². The maximum atomic E-state index is 12.5. The highest BCUT2D eigenvalue weighted by atomic mass is 16.5. The first kappa shape index (κ1) is 17.9. The third-order valence-corrected chi connectivity index (χ3v) is 4.62. The molecular weight excluding hydrogens is 354 g/mol. The number of aromatic nitrogens is 4. The fourth-order valence-electron chi connectivity index (χ4n) is 3.10. The molecule has 7 nitrogen and oxygen atoms in total. The third-order valence-electron chi connectivity index (χ3n) is 4.62. The summed E-state index contributed by atoms with van der Waals surface area (Å²) in [5.41, 5.74) is 3.12. The second-order valence-corrected chi connectivity index (χ2v) is 6.60. The number of hydrogen-bond donors (Lipinski definition) is 1. The lowest BCUT2D eigenvalue weighted by Gasteiger charge is -2.09. The van der Waals surface area contributed by atoms with Gasteiger partial charge in [-0.3, -0.25) is 4.79 Å². The van der Waals surface area contributed by atoms with Crippen molar-refractivity contribution in [1.82, 2.24) is 25.1 Å². The fraction of sp³-hybridized carbons (Fsp3) is 0.238. The average Bonchev–Trinajstić information content (AvgIpc) is 3.49. The fourth-order valence-corrected chi connectivity index (χ4v) is 3.10. The summed E-state index contributed by atoms with van der Waals surface area (Å²) in [7, 11) is 1.63. The van der Waals surface area contributed by atoms with Crippen LogP contribution in [0.1, 0.15) is 34.8 Å². The average molecular weight is 375 g/mol. The van der Waals surface area contributed by atoms with E-state index in [2.05, 4.69) is 27.0 Å². The summed E-state index contributed by atoms with van der Waals surface area (Å²) in [6.07, 6.45) is 7.01. The predicted octanol–water partition coefficient (Wildman–Crippen LogP) is 3.13. The Balaban J connectivity index is 1.72. The van der Waals surface area contributed by atoms with E-state index < -0.39 is 0 Å². The summed E-state index contributed by atoms with van der Waals surface area (Å²) in [5.74, 6) is 1.36. The molecule has 4 rings (SSSR count). The number of ether oxygens (including phenoxy) is 1. The minimum absolute atomic E-state index is 0.156. The van der Waals surface area contributed by atoms with Crippen molar-refractivity contribution >= 4 is 5.91 Å². The zero-order chi connectivity index (χ0) is 19.5. The Kier molecular flexibility index (Phi) is 4.89. The Morgan fingerprint density at radius 2 is 2.25 bits per heavy atom. The Morgan fingerprint density at radius 3 is 3.00 bits per heavy atom. The van der Waals surface area contributed by atoms with E-state index in [4.69, 9.17) is 4.74 Å². The maximum Gasteiger partial charge on any atom is 0.255 e. The van der Waals surface area contributed by atoms with E-state index in [0.717, 1.165) is 35.5 Å². The molecule has 7 heteroatoms. The number of nitrogens with zero attached hydrogens (tertiary/aromatic N) is 4. The van der Waals surface area contributed by atoms with Crippen LogP contribution in [0.2, 0.25) is 0 Å². The van der Waals surface area contributed by atoms with Crippen LogP contribution >= 0.6 is 0 Å². The molecule has 28 heavy (non-hydrogen) atoms. The molecule has 142 valence electrons. The van der Waals surface area contributed by atoms with Gasteiger partial charge in [-0.2, -0.15) is 5.10 Å². The van der Waals surface area contributed by atoms with Gasteiger partial charge in [-0.05, 0) is 31.0 Å². The summed E-state index contributed by atoms with van der Waals surface area (Å²) in [5, 5.41) is 7.25. The van der Waals surface area contributed by atoms with E-state index in [1.807, 2.05) is 30.3 Å². The van der Waals surface area contributed by atoms with E-state index in [0.29, 0.717) is 24.0 Å². The Morgan fingerprint density at radius 1 is 1.39 bits per heavy atom. The van der Waals surface area contributed by atoms with Crippen LogP contribution < -0.4 is 10.1 Å². The largest absolute Gasteiger partial charge is 0.497 e. The molecule has 0 saturated heterocycles. The molecule has 2 heterocycles. The van der Waals surface area contributed by atoms with Gasteiger partial charge in [0, 0.05) is 24.2 Å². The molecule has 3 aromatic rings. The molecule has 1 fully saturated rings. The van der Waals surface area contributed by atoms with Crippen LogP contribution in [-0.2, 0) is 0 Å². The molecule has 0 atom stereocenters. The summed E-state index contributed by atoms with van der Waals surface area (Å²) in [4.78, 5) is 21.6. The molecule has 1 aromatic carbocycles. The zero-order valence-electron chi connectivity index (χ0n) is 15.6. The number of carbonyl (C=O) groups excluding carboxylic acids is 1. The van der Waals surface area contributed by atoms with Crippen molar-refractivity contribution in [2.75, 3.05) is 13.7 Å². The summed E-state index contributed by atoms with van der Waals surface area (Å²) in [6, 6.07) is 9.54. The monoisotopic (exact) mass is 375 g/mol. The van der Waals surface area contributed by atoms with E-state index >= 15 is 0 Å². The smallest absolute Gasteiger partial charge is 0.255 e. The first-order chi connectivity index (χ1) is 13.7. The number of amides is 1. The SMILES string of the molecule is C=CCNC(=O)c1cnn(-c2nccc(-c3cccc(OC)c3)n2)c1C1CC1. The number of nitrogens with one attached hydrogen (secondary N) is 1. The highest BCUT2D eigenvalue weighted by Crippen LogP contribution is 2.42. The van der Waals surface area contributed by atoms with Crippen LogP contribution in [0.4, 0.5) is 0 Å². The maximum absolute atomic E-state index is 12.5. The lowest BCUT2D eigenvalue weighted by molar-refractivity contribution is 0.0957. The molecule has 0 bridgehead atoms. The highest BCUT2D eigenvalue weighted by molar-refractivity contribution is 5.95. The minimum Gasteiger partial charge on any atom is -0.497 e. The number of rotatable bonds is 7. The first-order valence-electron chi connectivity index (χ1n) is 9.16. The number of methoxy groups -OCH3 is 1. The van der Waals surface area contributed by atoms with Crippen molar-refractivity contribution in [2.45, 2.75) is 18.8 Å². The second-order valence-electron chi connectivity index (χ2n) is 6.60. The van der Waals surface area contributed by atoms with Gasteiger partial charge in [-0.25, -0.2) is 14.6 Å². The van der Waals surface area contributed by atoms with Gasteiger partial charge < -0.3 is 10.1 Å². The molecule has 0 unspecified atom stereocenters. The van der Waals surface area contributed by atoms with E-state index in [1.165, 1.54) is 0 Å². The van der Waals surface area contributed by atoms with E-state index in [-0.39, 0.29) is 5.91 Å². The van der Waals surface area contributed by atoms with Crippen LogP contribution in [0, 0.1) is 0 Å². The lowest BCUT2D eigenvalue weighted by atomic mass is 10.1. The molecular formula is C21H21N5O2. The Hall–Kier alpha value is -3.48. The van der Waals surface area contributed by atoms with Crippen LogP contribution in [-0.4, -0.2) is 39.3 Å². The molecule has 1 N–H and O–H groups in total. The molecule has 1 amide bonds. The van der Waals surface area contributed by atoms with Crippen LogP contribution in [0.5, 0.6) is 5.75 Å². The Labute approximate surface area is 163 Å². The normalized spacial score (nSPS) is 13.2. The zero-order valence-corrected chi connectivity index (χ0v) is 15.6. The summed E-state index contributed by atoms with van der Waals surface area (Å²) >= 11 is 0. The second kappa shape index (κ2) is 7.64. The van der Waals surface area contributed by atoms with Crippen LogP contribution in [0.25, 0.3) is 17.2 Å². The summed E-state index contributed by atoms with van der Waals surface area (Å²) < 4.78 is 6.98. The van der Waals surface area contributed by atoms with Crippen molar-refractivity contribution in [3.05, 3.63) is 66.6 Å². The van der Waals surface area contributed by atoms with Crippen molar-refractivity contribution in [3.8, 4) is 23.0 Å². The van der Waals surface area contributed by atoms with Gasteiger partial charge in [0.05, 0.1) is 30.3 Å². The first-order valence-corrected chi connectivity index (χ1v) is 9.16. The highest BCUT2D eigenvalue weighted by Gasteiger charge is 2.33. The van der Waals surface area contributed by atoms with E-state index in [1.54, 1.807) is 30.3 Å². The molecule has 1 aliphatic rings.